The number of benzene rings is 1. The molecule has 4 heteroatoms. The van der Waals surface area contributed by atoms with Crippen LogP contribution in [0.2, 0.25) is 0 Å². The third kappa shape index (κ3) is 1.70. The summed E-state index contributed by atoms with van der Waals surface area (Å²) in [4.78, 5) is 4.56. The highest BCUT2D eigenvalue weighted by Crippen LogP contribution is 2.40. The third-order valence-electron chi connectivity index (χ3n) is 4.00. The fraction of sp³-hybridized carbons (Fsp3) is 0.500. The molecule has 2 N–H and O–H groups in total. The van der Waals surface area contributed by atoms with Crippen LogP contribution in [0.5, 0.6) is 0 Å². The van der Waals surface area contributed by atoms with Gasteiger partial charge in [0.2, 0.25) is 5.95 Å². The maximum Gasteiger partial charge on any atom is 0.201 e. The summed E-state index contributed by atoms with van der Waals surface area (Å²) in [6.45, 7) is 2.10. The number of fused-ring (bicyclic) bond motifs is 1. The van der Waals surface area contributed by atoms with Gasteiger partial charge >= 0.3 is 0 Å². The highest BCUT2D eigenvalue weighted by molar-refractivity contribution is 7.99. The number of anilines is 1. The van der Waals surface area contributed by atoms with Crippen molar-refractivity contribution in [2.45, 2.75) is 37.5 Å². The highest BCUT2D eigenvalue weighted by atomic mass is 32.2. The van der Waals surface area contributed by atoms with Crippen LogP contribution in [0.25, 0.3) is 11.0 Å². The molecule has 3 nitrogen and oxygen atoms in total. The van der Waals surface area contributed by atoms with Gasteiger partial charge < -0.3 is 10.3 Å². The first-order chi connectivity index (χ1) is 8.72. The van der Waals surface area contributed by atoms with Crippen LogP contribution in [-0.4, -0.2) is 21.1 Å². The van der Waals surface area contributed by atoms with E-state index in [0.717, 1.165) is 5.52 Å². The minimum atomic E-state index is 0.506. The van der Waals surface area contributed by atoms with Crippen molar-refractivity contribution in [3.8, 4) is 0 Å². The summed E-state index contributed by atoms with van der Waals surface area (Å²) in [5, 5.41) is 0.671. The second-order valence-electron chi connectivity index (χ2n) is 5.06. The summed E-state index contributed by atoms with van der Waals surface area (Å²) in [5.74, 6) is 0.672. The molecular formula is C14H19N3S. The lowest BCUT2D eigenvalue weighted by Gasteiger charge is -2.21. The Kier molecular flexibility index (Phi) is 2.98. The molecule has 1 aromatic carbocycles. The van der Waals surface area contributed by atoms with E-state index in [2.05, 4.69) is 40.9 Å². The van der Waals surface area contributed by atoms with Crippen LogP contribution < -0.4 is 5.73 Å². The summed E-state index contributed by atoms with van der Waals surface area (Å²) in [5.41, 5.74) is 9.62. The Balaban J connectivity index is 2.16. The number of nitrogens with zero attached hydrogens (tertiary/aromatic N) is 2. The van der Waals surface area contributed by atoms with Gasteiger partial charge in [-0.1, -0.05) is 18.6 Å². The molecule has 1 aliphatic carbocycles. The van der Waals surface area contributed by atoms with Gasteiger partial charge in [-0.2, -0.15) is 11.8 Å². The van der Waals surface area contributed by atoms with E-state index in [1.54, 1.807) is 0 Å². The van der Waals surface area contributed by atoms with Crippen LogP contribution >= 0.6 is 11.8 Å². The Morgan fingerprint density at radius 3 is 3.00 bits per heavy atom. The Bertz CT molecular complexity index is 576. The molecule has 18 heavy (non-hydrogen) atoms. The molecular weight excluding hydrogens is 242 g/mol. The van der Waals surface area contributed by atoms with E-state index < -0.39 is 0 Å². The first-order valence-corrected chi connectivity index (χ1v) is 7.77. The average Bonchev–Trinajstić information content (AvgIpc) is 2.93. The van der Waals surface area contributed by atoms with Crippen LogP contribution in [0.3, 0.4) is 0 Å². The lowest BCUT2D eigenvalue weighted by molar-refractivity contribution is 0.550. The fourth-order valence-corrected chi connectivity index (χ4v) is 4.07. The molecule has 0 bridgehead atoms. The normalized spacial score (nSPS) is 23.9. The molecule has 3 rings (SSSR count). The predicted molar refractivity (Wildman–Crippen MR) is 79.1 cm³/mol. The average molecular weight is 261 g/mol. The van der Waals surface area contributed by atoms with Gasteiger partial charge in [-0.05, 0) is 37.7 Å². The van der Waals surface area contributed by atoms with Crippen molar-refractivity contribution in [1.82, 2.24) is 9.55 Å². The van der Waals surface area contributed by atoms with Gasteiger partial charge in [0.05, 0.1) is 11.0 Å². The molecule has 0 spiro atoms. The lowest BCUT2D eigenvalue weighted by Crippen LogP contribution is -2.17. The van der Waals surface area contributed by atoms with Crippen LogP contribution in [0, 0.1) is 6.92 Å². The molecule has 1 heterocycles. The predicted octanol–water partition coefficient (Wildman–Crippen LogP) is 3.38. The number of aryl methyl sites for hydroxylation is 1. The number of aromatic nitrogens is 2. The SMILES string of the molecule is CSC1CCCC1n1c(N)nc2c(C)cccc21. The van der Waals surface area contributed by atoms with Gasteiger partial charge in [-0.3, -0.25) is 0 Å². The number of nitrogen functional groups attached to an aromatic ring is 1. The van der Waals surface area contributed by atoms with Gasteiger partial charge in [-0.25, -0.2) is 4.98 Å². The topological polar surface area (TPSA) is 43.8 Å². The number of para-hydroxylation sites is 1. The highest BCUT2D eigenvalue weighted by Gasteiger charge is 2.30. The van der Waals surface area contributed by atoms with E-state index in [-0.39, 0.29) is 0 Å². The monoisotopic (exact) mass is 261 g/mol. The quantitative estimate of drug-likeness (QED) is 0.901. The summed E-state index contributed by atoms with van der Waals surface area (Å²) in [6, 6.07) is 6.84. The molecule has 1 fully saturated rings. The second-order valence-corrected chi connectivity index (χ2v) is 6.13. The van der Waals surface area contributed by atoms with Crippen molar-refractivity contribution in [3.63, 3.8) is 0 Å². The maximum absolute atomic E-state index is 6.16. The fourth-order valence-electron chi connectivity index (χ4n) is 3.10. The molecule has 0 radical (unpaired) electrons. The maximum atomic E-state index is 6.16. The molecule has 1 aromatic heterocycles. The van der Waals surface area contributed by atoms with E-state index in [4.69, 9.17) is 5.73 Å². The van der Waals surface area contributed by atoms with Crippen LogP contribution in [0.1, 0.15) is 30.9 Å². The number of imidazole rings is 1. The van der Waals surface area contributed by atoms with Crippen molar-refractivity contribution < 1.29 is 0 Å². The standard InChI is InChI=1S/C14H19N3S/c1-9-5-3-7-11-13(9)16-14(15)17(11)10-6-4-8-12(10)18-2/h3,5,7,10,12H,4,6,8H2,1-2H3,(H2,15,16). The largest absolute Gasteiger partial charge is 0.369 e. The van der Waals surface area contributed by atoms with Crippen molar-refractivity contribution in [2.75, 3.05) is 12.0 Å². The molecule has 2 unspecified atom stereocenters. The van der Waals surface area contributed by atoms with Crippen molar-refractivity contribution >= 4 is 28.7 Å². The van der Waals surface area contributed by atoms with Crippen LogP contribution in [-0.2, 0) is 0 Å². The van der Waals surface area contributed by atoms with Crippen LogP contribution in [0.15, 0.2) is 18.2 Å². The number of nitrogens with two attached hydrogens (primary N) is 1. The first kappa shape index (κ1) is 11.9. The number of hydrogen-bond donors (Lipinski definition) is 1. The Morgan fingerprint density at radius 1 is 1.39 bits per heavy atom. The van der Waals surface area contributed by atoms with Gasteiger partial charge in [-0.15, -0.1) is 0 Å². The number of rotatable bonds is 2. The van der Waals surface area contributed by atoms with Gasteiger partial charge in [0.15, 0.2) is 0 Å². The molecule has 0 amide bonds. The zero-order valence-electron chi connectivity index (χ0n) is 10.9. The van der Waals surface area contributed by atoms with E-state index in [1.807, 2.05) is 11.8 Å². The van der Waals surface area contributed by atoms with Gasteiger partial charge in [0.25, 0.3) is 0 Å². The van der Waals surface area contributed by atoms with Crippen molar-refractivity contribution in [3.05, 3.63) is 23.8 Å². The third-order valence-corrected chi connectivity index (χ3v) is 5.16. The number of thioether (sulfide) groups is 1. The molecule has 1 saturated carbocycles. The molecule has 1 aliphatic rings. The summed E-state index contributed by atoms with van der Waals surface area (Å²) < 4.78 is 2.26. The van der Waals surface area contributed by atoms with E-state index in [0.29, 0.717) is 17.2 Å². The van der Waals surface area contributed by atoms with Crippen LogP contribution in [0.4, 0.5) is 5.95 Å². The number of hydrogen-bond acceptors (Lipinski definition) is 3. The Hall–Kier alpha value is -1.16. The first-order valence-electron chi connectivity index (χ1n) is 6.48. The Morgan fingerprint density at radius 2 is 2.22 bits per heavy atom. The molecule has 2 aromatic rings. The second kappa shape index (κ2) is 4.50. The van der Waals surface area contributed by atoms with Crippen molar-refractivity contribution in [2.24, 2.45) is 0 Å². The van der Waals surface area contributed by atoms with Crippen molar-refractivity contribution in [1.29, 1.82) is 0 Å². The molecule has 96 valence electrons. The molecule has 0 saturated heterocycles. The van der Waals surface area contributed by atoms with E-state index >= 15 is 0 Å². The van der Waals surface area contributed by atoms with Gasteiger partial charge in [0.1, 0.15) is 0 Å². The summed E-state index contributed by atoms with van der Waals surface area (Å²) >= 11 is 1.96. The van der Waals surface area contributed by atoms with E-state index in [1.165, 1.54) is 30.3 Å². The summed E-state index contributed by atoms with van der Waals surface area (Å²) in [7, 11) is 0. The zero-order chi connectivity index (χ0) is 12.7. The minimum Gasteiger partial charge on any atom is -0.369 e. The summed E-state index contributed by atoms with van der Waals surface area (Å²) in [6.07, 6.45) is 6.00. The zero-order valence-corrected chi connectivity index (χ0v) is 11.7. The molecule has 2 atom stereocenters. The Labute approximate surface area is 112 Å². The lowest BCUT2D eigenvalue weighted by atomic mass is 10.2. The molecule has 0 aliphatic heterocycles. The van der Waals surface area contributed by atoms with Gasteiger partial charge in [0, 0.05) is 11.3 Å². The van der Waals surface area contributed by atoms with E-state index in [9.17, 15) is 0 Å². The minimum absolute atomic E-state index is 0.506. The smallest absolute Gasteiger partial charge is 0.201 e.